The lowest BCUT2D eigenvalue weighted by Crippen LogP contribution is -2.45. The first-order valence-corrected chi connectivity index (χ1v) is 7.71. The van der Waals surface area contributed by atoms with Crippen LogP contribution in [-0.2, 0) is 9.59 Å². The number of nitrogens with one attached hydrogen (secondary N) is 2. The molecule has 0 spiro atoms. The van der Waals surface area contributed by atoms with Crippen LogP contribution >= 0.6 is 11.8 Å². The van der Waals surface area contributed by atoms with Gasteiger partial charge in [0.05, 0.1) is 6.54 Å². The highest BCUT2D eigenvalue weighted by atomic mass is 32.2. The molecular formula is C15H21FN2O2S. The van der Waals surface area contributed by atoms with Crippen molar-refractivity contribution in [2.24, 2.45) is 0 Å². The fraction of sp³-hybridized carbons (Fsp3) is 0.467. The lowest BCUT2D eigenvalue weighted by molar-refractivity contribution is -0.126. The van der Waals surface area contributed by atoms with Crippen LogP contribution in [0.25, 0.3) is 0 Å². The number of carbonyl (C=O) groups is 2. The van der Waals surface area contributed by atoms with Crippen molar-refractivity contribution in [3.05, 3.63) is 30.1 Å². The lowest BCUT2D eigenvalue weighted by Gasteiger charge is -2.20. The minimum absolute atomic E-state index is 0.0165. The number of hydrogen-bond donors (Lipinski definition) is 2. The molecule has 21 heavy (non-hydrogen) atoms. The topological polar surface area (TPSA) is 58.2 Å². The van der Waals surface area contributed by atoms with Crippen LogP contribution in [0.5, 0.6) is 0 Å². The molecule has 1 aromatic carbocycles. The van der Waals surface area contributed by atoms with Gasteiger partial charge in [0.2, 0.25) is 11.8 Å². The number of hydrogen-bond acceptors (Lipinski definition) is 3. The Morgan fingerprint density at radius 1 is 1.14 bits per heavy atom. The van der Waals surface area contributed by atoms with Gasteiger partial charge in [-0.15, -0.1) is 11.8 Å². The van der Waals surface area contributed by atoms with E-state index in [-0.39, 0.29) is 29.7 Å². The van der Waals surface area contributed by atoms with E-state index in [1.807, 2.05) is 20.8 Å². The molecule has 0 aliphatic rings. The largest absolute Gasteiger partial charge is 0.350 e. The molecule has 1 rings (SSSR count). The van der Waals surface area contributed by atoms with Crippen LogP contribution in [-0.4, -0.2) is 29.7 Å². The van der Waals surface area contributed by atoms with Crippen molar-refractivity contribution >= 4 is 23.6 Å². The van der Waals surface area contributed by atoms with Crippen molar-refractivity contribution in [3.8, 4) is 0 Å². The van der Waals surface area contributed by atoms with Crippen LogP contribution in [0.1, 0.15) is 27.2 Å². The van der Waals surface area contributed by atoms with Crippen molar-refractivity contribution in [2.75, 3.05) is 12.3 Å². The molecule has 0 aliphatic heterocycles. The summed E-state index contributed by atoms with van der Waals surface area (Å²) in [6.07, 6.45) is 0.310. The molecular weight excluding hydrogens is 291 g/mol. The fourth-order valence-electron chi connectivity index (χ4n) is 1.52. The van der Waals surface area contributed by atoms with Crippen molar-refractivity contribution in [2.45, 2.75) is 37.6 Å². The van der Waals surface area contributed by atoms with Gasteiger partial charge >= 0.3 is 0 Å². The number of thioether (sulfide) groups is 1. The minimum Gasteiger partial charge on any atom is -0.350 e. The van der Waals surface area contributed by atoms with Crippen LogP contribution in [0.2, 0.25) is 0 Å². The summed E-state index contributed by atoms with van der Waals surface area (Å²) in [5, 5.41) is 5.34. The van der Waals surface area contributed by atoms with E-state index in [0.29, 0.717) is 12.2 Å². The van der Waals surface area contributed by atoms with Gasteiger partial charge < -0.3 is 10.6 Å². The molecule has 0 fully saturated rings. The van der Waals surface area contributed by atoms with E-state index < -0.39 is 0 Å². The quantitative estimate of drug-likeness (QED) is 0.793. The molecule has 0 radical (unpaired) electrons. The van der Waals surface area contributed by atoms with E-state index in [1.54, 1.807) is 12.1 Å². The summed E-state index contributed by atoms with van der Waals surface area (Å²) < 4.78 is 12.7. The van der Waals surface area contributed by atoms with E-state index >= 15 is 0 Å². The number of benzene rings is 1. The average molecular weight is 312 g/mol. The molecule has 6 heteroatoms. The van der Waals surface area contributed by atoms with Gasteiger partial charge in [0, 0.05) is 22.6 Å². The summed E-state index contributed by atoms with van der Waals surface area (Å²) in [6.45, 7) is 5.63. The van der Waals surface area contributed by atoms with Gasteiger partial charge in [-0.3, -0.25) is 9.59 Å². The predicted octanol–water partition coefficient (Wildman–Crippen LogP) is 2.34. The molecule has 2 amide bonds. The third-order valence-electron chi connectivity index (χ3n) is 2.37. The molecule has 0 atom stereocenters. The molecule has 2 N–H and O–H groups in total. The zero-order chi connectivity index (χ0) is 15.9. The van der Waals surface area contributed by atoms with Crippen LogP contribution < -0.4 is 10.6 Å². The monoisotopic (exact) mass is 312 g/mol. The standard InChI is InChI=1S/C15H21FN2O2S/c1-15(2,3)18-14(20)10-17-13(19)8-9-21-12-6-4-11(16)5-7-12/h4-7H,8-10H2,1-3H3,(H,17,19)(H,18,20). The summed E-state index contributed by atoms with van der Waals surface area (Å²) in [5.74, 6) is -0.0732. The molecule has 4 nitrogen and oxygen atoms in total. The number of amides is 2. The minimum atomic E-state index is -0.305. The highest BCUT2D eigenvalue weighted by molar-refractivity contribution is 7.99. The van der Waals surface area contributed by atoms with E-state index in [4.69, 9.17) is 0 Å². The fourth-order valence-corrected chi connectivity index (χ4v) is 2.37. The van der Waals surface area contributed by atoms with Crippen molar-refractivity contribution in [3.63, 3.8) is 0 Å². The molecule has 1 aromatic rings. The first kappa shape index (κ1) is 17.5. The first-order chi connectivity index (χ1) is 9.76. The molecule has 0 heterocycles. The van der Waals surface area contributed by atoms with Crippen LogP contribution in [0, 0.1) is 5.82 Å². The third kappa shape index (κ3) is 8.34. The Hall–Kier alpha value is -1.56. The Kier molecular flexibility index (Phi) is 6.68. The second kappa shape index (κ2) is 8.02. The maximum absolute atomic E-state index is 12.7. The van der Waals surface area contributed by atoms with Gasteiger partial charge in [-0.25, -0.2) is 4.39 Å². The van der Waals surface area contributed by atoms with Crippen LogP contribution in [0.4, 0.5) is 4.39 Å². The van der Waals surface area contributed by atoms with Gasteiger partial charge in [0.1, 0.15) is 5.82 Å². The SMILES string of the molecule is CC(C)(C)NC(=O)CNC(=O)CCSc1ccc(F)cc1. The Morgan fingerprint density at radius 3 is 2.33 bits per heavy atom. The van der Waals surface area contributed by atoms with Crippen LogP contribution in [0.15, 0.2) is 29.2 Å². The molecule has 0 saturated carbocycles. The zero-order valence-corrected chi connectivity index (χ0v) is 13.3. The summed E-state index contributed by atoms with van der Waals surface area (Å²) >= 11 is 1.47. The van der Waals surface area contributed by atoms with Gasteiger partial charge in [-0.1, -0.05) is 0 Å². The van der Waals surface area contributed by atoms with E-state index in [2.05, 4.69) is 10.6 Å². The van der Waals surface area contributed by atoms with Crippen molar-refractivity contribution in [1.29, 1.82) is 0 Å². The van der Waals surface area contributed by atoms with Crippen LogP contribution in [0.3, 0.4) is 0 Å². The maximum Gasteiger partial charge on any atom is 0.239 e. The second-order valence-electron chi connectivity index (χ2n) is 5.63. The molecule has 116 valence electrons. The van der Waals surface area contributed by atoms with Gasteiger partial charge in [0.15, 0.2) is 0 Å². The van der Waals surface area contributed by atoms with E-state index in [0.717, 1.165) is 4.90 Å². The summed E-state index contributed by atoms with van der Waals surface area (Å²) in [6, 6.07) is 6.13. The van der Waals surface area contributed by atoms with Crippen molar-refractivity contribution < 1.29 is 14.0 Å². The first-order valence-electron chi connectivity index (χ1n) is 6.72. The smallest absolute Gasteiger partial charge is 0.239 e. The molecule has 0 saturated heterocycles. The lowest BCUT2D eigenvalue weighted by atomic mass is 10.1. The normalized spacial score (nSPS) is 11.0. The Morgan fingerprint density at radius 2 is 1.76 bits per heavy atom. The summed E-state index contributed by atoms with van der Waals surface area (Å²) in [4.78, 5) is 24.0. The molecule has 0 aromatic heterocycles. The number of rotatable bonds is 6. The molecule has 0 unspecified atom stereocenters. The Balaban J connectivity index is 2.19. The van der Waals surface area contributed by atoms with Gasteiger partial charge in [-0.05, 0) is 45.0 Å². The second-order valence-corrected chi connectivity index (χ2v) is 6.80. The van der Waals surface area contributed by atoms with Gasteiger partial charge in [-0.2, -0.15) is 0 Å². The Bertz CT molecular complexity index is 483. The van der Waals surface area contributed by atoms with E-state index in [9.17, 15) is 14.0 Å². The highest BCUT2D eigenvalue weighted by Crippen LogP contribution is 2.18. The van der Waals surface area contributed by atoms with Gasteiger partial charge in [0.25, 0.3) is 0 Å². The Labute approximate surface area is 128 Å². The molecule has 0 bridgehead atoms. The highest BCUT2D eigenvalue weighted by Gasteiger charge is 2.14. The predicted molar refractivity (Wildman–Crippen MR) is 82.6 cm³/mol. The summed E-state index contributed by atoms with van der Waals surface area (Å²) in [7, 11) is 0. The number of carbonyl (C=O) groups excluding carboxylic acids is 2. The molecule has 0 aliphatic carbocycles. The maximum atomic E-state index is 12.7. The third-order valence-corrected chi connectivity index (χ3v) is 3.39. The zero-order valence-electron chi connectivity index (χ0n) is 12.5. The average Bonchev–Trinajstić information content (AvgIpc) is 2.37. The van der Waals surface area contributed by atoms with Crippen molar-refractivity contribution in [1.82, 2.24) is 10.6 Å². The van der Waals surface area contributed by atoms with E-state index in [1.165, 1.54) is 23.9 Å². The summed E-state index contributed by atoms with van der Waals surface area (Å²) in [5.41, 5.74) is -0.305. The number of halogens is 1.